The SMILES string of the molecule is CC1=Cc2c(C)c(C)c(C)c(C)c2C1(C)[Si](C)(C)C. The minimum atomic E-state index is -1.33. The highest BCUT2D eigenvalue weighted by Crippen LogP contribution is 2.50. The van der Waals surface area contributed by atoms with Crippen molar-refractivity contribution < 1.29 is 0 Å². The van der Waals surface area contributed by atoms with Crippen molar-refractivity contribution in [3.8, 4) is 0 Å². The van der Waals surface area contributed by atoms with E-state index >= 15 is 0 Å². The number of hydrogen-bond acceptors (Lipinski definition) is 0. The van der Waals surface area contributed by atoms with Crippen molar-refractivity contribution in [1.82, 2.24) is 0 Å². The lowest BCUT2D eigenvalue weighted by molar-refractivity contribution is 0.763. The standard InChI is InChI=1S/C18H28Si/c1-11-10-16-14(4)12(2)13(3)15(5)17(16)18(11,6)19(7,8)9/h10H,1-9H3. The average molecular weight is 273 g/mol. The van der Waals surface area contributed by atoms with Gasteiger partial charge in [-0.05, 0) is 68.0 Å². The third-order valence-corrected chi connectivity index (χ3v) is 9.53. The van der Waals surface area contributed by atoms with Crippen LogP contribution in [0.4, 0.5) is 0 Å². The van der Waals surface area contributed by atoms with Gasteiger partial charge in [0.25, 0.3) is 0 Å². The lowest BCUT2D eigenvalue weighted by Gasteiger charge is -2.41. The first-order valence-corrected chi connectivity index (χ1v) is 10.8. The molecule has 0 saturated carbocycles. The van der Waals surface area contributed by atoms with E-state index in [0.717, 1.165) is 0 Å². The lowest BCUT2D eigenvalue weighted by atomic mass is 9.86. The largest absolute Gasteiger partial charge is 0.0686 e. The molecule has 0 amide bonds. The Balaban J connectivity index is 2.91. The van der Waals surface area contributed by atoms with Crippen molar-refractivity contribution in [1.29, 1.82) is 0 Å². The smallest absolute Gasteiger partial charge is 0.0605 e. The Morgan fingerprint density at radius 2 is 1.26 bits per heavy atom. The summed E-state index contributed by atoms with van der Waals surface area (Å²) in [5.41, 5.74) is 10.7. The van der Waals surface area contributed by atoms with Gasteiger partial charge in [0.05, 0.1) is 8.07 Å². The fourth-order valence-corrected chi connectivity index (χ4v) is 6.02. The number of benzene rings is 1. The zero-order chi connectivity index (χ0) is 14.7. The Morgan fingerprint density at radius 1 is 0.789 bits per heavy atom. The average Bonchev–Trinajstić information content (AvgIpc) is 2.58. The van der Waals surface area contributed by atoms with E-state index in [9.17, 15) is 0 Å². The van der Waals surface area contributed by atoms with Crippen LogP contribution < -0.4 is 0 Å². The molecule has 1 unspecified atom stereocenters. The van der Waals surface area contributed by atoms with Gasteiger partial charge in [-0.3, -0.25) is 0 Å². The monoisotopic (exact) mass is 272 g/mol. The molecule has 0 nitrogen and oxygen atoms in total. The molecule has 0 aromatic heterocycles. The summed E-state index contributed by atoms with van der Waals surface area (Å²) in [7, 11) is -1.33. The van der Waals surface area contributed by atoms with Gasteiger partial charge in [0.15, 0.2) is 0 Å². The number of fused-ring (bicyclic) bond motifs is 1. The molecular formula is C18H28Si. The van der Waals surface area contributed by atoms with E-state index in [4.69, 9.17) is 0 Å². The predicted octanol–water partition coefficient (Wildman–Crippen LogP) is 5.47. The van der Waals surface area contributed by atoms with E-state index < -0.39 is 8.07 Å². The molecule has 1 aliphatic carbocycles. The summed E-state index contributed by atoms with van der Waals surface area (Å²) in [4.78, 5) is 0. The summed E-state index contributed by atoms with van der Waals surface area (Å²) in [5, 5.41) is 0.287. The van der Waals surface area contributed by atoms with Gasteiger partial charge in [0.2, 0.25) is 0 Å². The van der Waals surface area contributed by atoms with Crippen molar-refractivity contribution in [3.63, 3.8) is 0 Å². The van der Waals surface area contributed by atoms with Crippen LogP contribution >= 0.6 is 0 Å². The van der Waals surface area contributed by atoms with Crippen molar-refractivity contribution in [2.75, 3.05) is 0 Å². The van der Waals surface area contributed by atoms with E-state index in [1.807, 2.05) is 0 Å². The molecular weight excluding hydrogens is 244 g/mol. The molecule has 0 spiro atoms. The van der Waals surface area contributed by atoms with Gasteiger partial charge >= 0.3 is 0 Å². The third kappa shape index (κ3) is 1.70. The molecule has 2 rings (SSSR count). The molecule has 0 N–H and O–H groups in total. The summed E-state index contributed by atoms with van der Waals surface area (Å²) < 4.78 is 0. The molecule has 0 fully saturated rings. The fraction of sp³-hybridized carbons (Fsp3) is 0.556. The van der Waals surface area contributed by atoms with Crippen LogP contribution in [0, 0.1) is 27.7 Å². The van der Waals surface area contributed by atoms with Crippen LogP contribution in [-0.2, 0) is 5.04 Å². The Kier molecular flexibility index (Phi) is 3.13. The molecule has 1 atom stereocenters. The Hall–Kier alpha value is -0.823. The van der Waals surface area contributed by atoms with Gasteiger partial charge in [-0.2, -0.15) is 0 Å². The molecule has 0 saturated heterocycles. The van der Waals surface area contributed by atoms with Crippen molar-refractivity contribution in [3.05, 3.63) is 39.0 Å². The van der Waals surface area contributed by atoms with Gasteiger partial charge < -0.3 is 0 Å². The lowest BCUT2D eigenvalue weighted by Crippen LogP contribution is -2.47. The van der Waals surface area contributed by atoms with Gasteiger partial charge in [-0.1, -0.05) is 38.2 Å². The Bertz CT molecular complexity index is 585. The van der Waals surface area contributed by atoms with Crippen LogP contribution in [0.3, 0.4) is 0 Å². The fourth-order valence-electron chi connectivity index (χ4n) is 3.69. The summed E-state index contributed by atoms with van der Waals surface area (Å²) >= 11 is 0. The molecule has 1 heteroatoms. The predicted molar refractivity (Wildman–Crippen MR) is 89.7 cm³/mol. The highest BCUT2D eigenvalue weighted by atomic mass is 28.3. The van der Waals surface area contributed by atoms with Crippen LogP contribution in [0.1, 0.15) is 47.2 Å². The maximum atomic E-state index is 2.50. The van der Waals surface area contributed by atoms with E-state index in [1.54, 1.807) is 11.1 Å². The highest BCUT2D eigenvalue weighted by Gasteiger charge is 2.47. The number of rotatable bonds is 1. The summed E-state index contributed by atoms with van der Waals surface area (Å²) in [5.74, 6) is 0. The van der Waals surface area contributed by atoms with Crippen LogP contribution in [0.2, 0.25) is 19.6 Å². The maximum absolute atomic E-state index is 2.50. The second-order valence-electron chi connectivity index (χ2n) is 7.49. The molecule has 0 radical (unpaired) electrons. The molecule has 0 bridgehead atoms. The van der Waals surface area contributed by atoms with Crippen molar-refractivity contribution >= 4 is 14.1 Å². The summed E-state index contributed by atoms with van der Waals surface area (Å²) in [6, 6.07) is 0. The van der Waals surface area contributed by atoms with E-state index in [1.165, 1.54) is 27.8 Å². The van der Waals surface area contributed by atoms with E-state index in [2.05, 4.69) is 67.3 Å². The molecule has 1 aromatic rings. The van der Waals surface area contributed by atoms with Crippen LogP contribution in [0.5, 0.6) is 0 Å². The zero-order valence-electron chi connectivity index (χ0n) is 14.1. The topological polar surface area (TPSA) is 0 Å². The summed E-state index contributed by atoms with van der Waals surface area (Å²) in [6.45, 7) is 21.5. The zero-order valence-corrected chi connectivity index (χ0v) is 15.1. The first-order chi connectivity index (χ1) is 8.53. The molecule has 104 valence electrons. The van der Waals surface area contributed by atoms with E-state index in [-0.39, 0.29) is 5.04 Å². The molecule has 0 heterocycles. The minimum Gasteiger partial charge on any atom is -0.0686 e. The van der Waals surface area contributed by atoms with Crippen LogP contribution in [0.25, 0.3) is 6.08 Å². The second kappa shape index (κ2) is 4.08. The second-order valence-corrected chi connectivity index (χ2v) is 13.0. The summed E-state index contributed by atoms with van der Waals surface area (Å²) in [6.07, 6.45) is 2.46. The van der Waals surface area contributed by atoms with Gasteiger partial charge in [0, 0.05) is 5.04 Å². The van der Waals surface area contributed by atoms with Gasteiger partial charge in [-0.15, -0.1) is 0 Å². The number of hydrogen-bond donors (Lipinski definition) is 0. The minimum absolute atomic E-state index is 0.287. The maximum Gasteiger partial charge on any atom is 0.0605 e. The Morgan fingerprint density at radius 3 is 1.74 bits per heavy atom. The first kappa shape index (κ1) is 14.6. The molecule has 1 aromatic carbocycles. The van der Waals surface area contributed by atoms with Crippen LogP contribution in [0.15, 0.2) is 5.57 Å². The molecule has 19 heavy (non-hydrogen) atoms. The van der Waals surface area contributed by atoms with Crippen molar-refractivity contribution in [2.24, 2.45) is 0 Å². The first-order valence-electron chi connectivity index (χ1n) is 7.33. The highest BCUT2D eigenvalue weighted by molar-refractivity contribution is 6.80. The van der Waals surface area contributed by atoms with E-state index in [0.29, 0.717) is 0 Å². The molecule has 1 aliphatic rings. The van der Waals surface area contributed by atoms with Gasteiger partial charge in [0.1, 0.15) is 0 Å². The molecule has 0 aliphatic heterocycles. The number of allylic oxidation sites excluding steroid dienone is 1. The quantitative estimate of drug-likeness (QED) is 0.594. The van der Waals surface area contributed by atoms with Gasteiger partial charge in [-0.25, -0.2) is 0 Å². The Labute approximate surface area is 119 Å². The third-order valence-electron chi connectivity index (χ3n) is 5.89. The van der Waals surface area contributed by atoms with Crippen LogP contribution in [-0.4, -0.2) is 8.07 Å². The normalized spacial score (nSPS) is 22.5. The van der Waals surface area contributed by atoms with Crippen molar-refractivity contribution in [2.45, 2.75) is 66.2 Å².